The van der Waals surface area contributed by atoms with Gasteiger partial charge in [0.15, 0.2) is 11.4 Å². The van der Waals surface area contributed by atoms with Gasteiger partial charge in [-0.05, 0) is 62.2 Å². The van der Waals surface area contributed by atoms with E-state index in [0.29, 0.717) is 30.1 Å². The van der Waals surface area contributed by atoms with Gasteiger partial charge >= 0.3 is 0 Å². The standard InChI is InChI=1S/C28H42O4/c1-16(2)17(3)7-8-18(4)20-10-14-27-24(20,5)13-11-21-25(6)12-9-19(29)15-26(25)23(31-26)22(30)28(21,27)32-27/h7-8,16-21,23,29H,9-15H2,1-6H3/b8-7+/t17-,18+,19-,20+,21+,23-,24+,25+,26-,27-,28-/m0/s1. The molecule has 0 radical (unpaired) electrons. The molecule has 1 N–H and O–H groups in total. The minimum absolute atomic E-state index is 0.0451. The lowest BCUT2D eigenvalue weighted by Gasteiger charge is -2.55. The van der Waals surface area contributed by atoms with Gasteiger partial charge in [0.1, 0.15) is 17.3 Å². The number of carbonyl (C=O) groups is 1. The first kappa shape index (κ1) is 21.8. The molecule has 6 fully saturated rings. The quantitative estimate of drug-likeness (QED) is 0.487. The Morgan fingerprint density at radius 3 is 2.44 bits per heavy atom. The predicted octanol–water partition coefficient (Wildman–Crippen LogP) is 5.08. The van der Waals surface area contributed by atoms with Crippen LogP contribution < -0.4 is 0 Å². The average Bonchev–Trinajstić information content (AvgIpc) is 3.60. The van der Waals surface area contributed by atoms with Crippen LogP contribution in [0, 0.1) is 40.4 Å². The highest BCUT2D eigenvalue weighted by Gasteiger charge is 2.95. The van der Waals surface area contributed by atoms with Crippen LogP contribution in [0.4, 0.5) is 0 Å². The fraction of sp³-hybridized carbons (Fsp3) is 0.893. The number of carbonyl (C=O) groups excluding carboxylic acids is 1. The number of Topliss-reactive ketones (excluding diaryl/α,β-unsaturated/α-hetero) is 1. The number of epoxide rings is 2. The zero-order valence-electron chi connectivity index (χ0n) is 20.8. The number of hydrogen-bond donors (Lipinski definition) is 1. The van der Waals surface area contributed by atoms with Crippen LogP contribution in [0.3, 0.4) is 0 Å². The Hall–Kier alpha value is -0.710. The lowest BCUT2D eigenvalue weighted by Crippen LogP contribution is -2.66. The number of allylic oxidation sites excluding steroid dienone is 2. The number of hydrogen-bond acceptors (Lipinski definition) is 4. The number of aliphatic hydroxyl groups is 1. The minimum Gasteiger partial charge on any atom is -0.393 e. The highest BCUT2D eigenvalue weighted by atomic mass is 16.7. The summed E-state index contributed by atoms with van der Waals surface area (Å²) in [5, 5.41) is 10.4. The molecule has 0 bridgehead atoms. The smallest absolute Gasteiger partial charge is 0.199 e. The molecular weight excluding hydrogens is 400 g/mol. The second kappa shape index (κ2) is 6.29. The van der Waals surface area contributed by atoms with Crippen LogP contribution in [0.2, 0.25) is 0 Å². The van der Waals surface area contributed by atoms with Gasteiger partial charge in [0.25, 0.3) is 0 Å². The second-order valence-electron chi connectivity index (χ2n) is 13.2. The van der Waals surface area contributed by atoms with E-state index in [1.165, 1.54) is 0 Å². The summed E-state index contributed by atoms with van der Waals surface area (Å²) in [4.78, 5) is 14.0. The van der Waals surface area contributed by atoms with Crippen molar-refractivity contribution in [3.63, 3.8) is 0 Å². The van der Waals surface area contributed by atoms with E-state index in [4.69, 9.17) is 9.47 Å². The maximum Gasteiger partial charge on any atom is 0.199 e. The van der Waals surface area contributed by atoms with Crippen molar-refractivity contribution in [2.75, 3.05) is 0 Å². The van der Waals surface area contributed by atoms with Crippen LogP contribution in [0.25, 0.3) is 0 Å². The minimum atomic E-state index is -0.634. The molecule has 6 rings (SSSR count). The molecule has 2 aliphatic heterocycles. The van der Waals surface area contributed by atoms with Crippen LogP contribution in [0.5, 0.6) is 0 Å². The highest BCUT2D eigenvalue weighted by molar-refractivity contribution is 6.01. The maximum atomic E-state index is 14.0. The molecular formula is C28H42O4. The van der Waals surface area contributed by atoms with E-state index in [2.05, 4.69) is 53.7 Å². The van der Waals surface area contributed by atoms with E-state index in [1.807, 2.05) is 0 Å². The molecule has 11 atom stereocenters. The molecule has 0 aromatic rings. The molecule has 4 heteroatoms. The summed E-state index contributed by atoms with van der Waals surface area (Å²) in [5.41, 5.74) is -1.38. The van der Waals surface area contributed by atoms with Crippen LogP contribution in [-0.4, -0.2) is 39.9 Å². The molecule has 0 unspecified atom stereocenters. The number of ether oxygens (including phenoxy) is 2. The summed E-state index contributed by atoms with van der Waals surface area (Å²) in [6, 6.07) is 0. The first-order chi connectivity index (χ1) is 15.0. The SMILES string of the molecule is CC(C)[C@@H](C)/C=C/[C@@H](C)[C@H]1CC[C@@]23O[C@@]24C(=O)[C@@H]2O[C@@]25C[C@@H](O)CC[C@]5(C)[C@H]4CC[C@]13C. The zero-order valence-corrected chi connectivity index (χ0v) is 20.8. The third-order valence-electron chi connectivity index (χ3n) is 11.9. The van der Waals surface area contributed by atoms with Gasteiger partial charge in [-0.25, -0.2) is 0 Å². The van der Waals surface area contributed by atoms with Crippen molar-refractivity contribution < 1.29 is 19.4 Å². The van der Waals surface area contributed by atoms with Crippen LogP contribution in [0.15, 0.2) is 12.2 Å². The van der Waals surface area contributed by atoms with Gasteiger partial charge in [0.2, 0.25) is 0 Å². The van der Waals surface area contributed by atoms with Crippen molar-refractivity contribution >= 4 is 5.78 Å². The second-order valence-corrected chi connectivity index (χ2v) is 13.2. The maximum absolute atomic E-state index is 14.0. The number of rotatable bonds is 4. The Balaban J connectivity index is 1.33. The Morgan fingerprint density at radius 1 is 1.00 bits per heavy atom. The topological polar surface area (TPSA) is 62.4 Å². The molecule has 4 aliphatic carbocycles. The van der Waals surface area contributed by atoms with Crippen molar-refractivity contribution in [1.82, 2.24) is 0 Å². The zero-order chi connectivity index (χ0) is 22.9. The Morgan fingerprint density at radius 2 is 1.72 bits per heavy atom. The van der Waals surface area contributed by atoms with Crippen molar-refractivity contribution in [1.29, 1.82) is 0 Å². The van der Waals surface area contributed by atoms with Crippen LogP contribution in [0.1, 0.15) is 86.5 Å². The third-order valence-corrected chi connectivity index (χ3v) is 11.9. The van der Waals surface area contributed by atoms with E-state index < -0.39 is 11.2 Å². The summed E-state index contributed by atoms with van der Waals surface area (Å²) < 4.78 is 13.1. The van der Waals surface area contributed by atoms with Crippen LogP contribution in [-0.2, 0) is 14.3 Å². The Kier molecular flexibility index (Phi) is 4.28. The molecule has 2 saturated heterocycles. The van der Waals surface area contributed by atoms with Gasteiger partial charge in [-0.1, -0.05) is 53.7 Å². The van der Waals surface area contributed by atoms with E-state index in [9.17, 15) is 9.90 Å². The number of ketones is 1. The lowest BCUT2D eigenvalue weighted by molar-refractivity contribution is -0.140. The van der Waals surface area contributed by atoms with Gasteiger partial charge in [0, 0.05) is 23.2 Å². The number of aliphatic hydroxyl groups excluding tert-OH is 1. The van der Waals surface area contributed by atoms with Gasteiger partial charge in [-0.3, -0.25) is 4.79 Å². The van der Waals surface area contributed by atoms with Gasteiger partial charge in [-0.15, -0.1) is 0 Å². The monoisotopic (exact) mass is 442 g/mol. The lowest BCUT2D eigenvalue weighted by atomic mass is 9.44. The highest BCUT2D eigenvalue weighted by Crippen LogP contribution is 2.83. The number of fused-ring (bicyclic) bond motifs is 1. The summed E-state index contributed by atoms with van der Waals surface area (Å²) >= 11 is 0. The van der Waals surface area contributed by atoms with E-state index >= 15 is 0 Å². The summed E-state index contributed by atoms with van der Waals surface area (Å²) in [6.45, 7) is 14.0. The molecule has 3 spiro atoms. The molecule has 0 aromatic carbocycles. The first-order valence-electron chi connectivity index (χ1n) is 13.3. The van der Waals surface area contributed by atoms with Crippen molar-refractivity contribution in [3.05, 3.63) is 12.2 Å². The Bertz CT molecular complexity index is 881. The van der Waals surface area contributed by atoms with E-state index in [0.717, 1.165) is 38.5 Å². The van der Waals surface area contributed by atoms with Crippen molar-refractivity contribution in [2.24, 2.45) is 40.4 Å². The molecule has 0 amide bonds. The predicted molar refractivity (Wildman–Crippen MR) is 123 cm³/mol. The summed E-state index contributed by atoms with van der Waals surface area (Å²) in [6.07, 6.45) is 10.9. The third kappa shape index (κ3) is 2.20. The summed E-state index contributed by atoms with van der Waals surface area (Å²) in [5.74, 6) is 2.74. The van der Waals surface area contributed by atoms with Crippen molar-refractivity contribution in [2.45, 2.75) is 115 Å². The fourth-order valence-electron chi connectivity index (χ4n) is 9.47. The molecule has 0 aromatic heterocycles. The molecule has 178 valence electrons. The fourth-order valence-corrected chi connectivity index (χ4v) is 9.47. The van der Waals surface area contributed by atoms with E-state index in [1.54, 1.807) is 0 Å². The molecule has 4 saturated carbocycles. The Labute approximate surface area is 193 Å². The molecule has 2 heterocycles. The van der Waals surface area contributed by atoms with E-state index in [-0.39, 0.29) is 40.3 Å². The van der Waals surface area contributed by atoms with Gasteiger partial charge in [-0.2, -0.15) is 0 Å². The largest absolute Gasteiger partial charge is 0.393 e. The van der Waals surface area contributed by atoms with Gasteiger partial charge < -0.3 is 14.6 Å². The first-order valence-corrected chi connectivity index (χ1v) is 13.3. The van der Waals surface area contributed by atoms with Crippen molar-refractivity contribution in [3.8, 4) is 0 Å². The summed E-state index contributed by atoms with van der Waals surface area (Å²) in [7, 11) is 0. The molecule has 6 aliphatic rings. The average molecular weight is 443 g/mol. The van der Waals surface area contributed by atoms with Gasteiger partial charge in [0.05, 0.1) is 6.10 Å². The molecule has 32 heavy (non-hydrogen) atoms. The van der Waals surface area contributed by atoms with Crippen LogP contribution >= 0.6 is 0 Å². The normalized spacial score (nSPS) is 57.3. The molecule has 4 nitrogen and oxygen atoms in total.